The van der Waals surface area contributed by atoms with E-state index in [0.717, 1.165) is 25.7 Å². The maximum Gasteiger partial charge on any atom is 0.338 e. The quantitative estimate of drug-likeness (QED) is 0.665. The van der Waals surface area contributed by atoms with Crippen LogP contribution in [0.4, 0.5) is 0 Å². The van der Waals surface area contributed by atoms with Crippen molar-refractivity contribution in [3.8, 4) is 0 Å². The van der Waals surface area contributed by atoms with E-state index in [4.69, 9.17) is 0 Å². The second-order valence-electron chi connectivity index (χ2n) is 3.77. The molecule has 2 unspecified atom stereocenters. The molecule has 1 rings (SSSR count). The number of methoxy groups -OCH3 is 1. The Morgan fingerprint density at radius 2 is 2.31 bits per heavy atom. The summed E-state index contributed by atoms with van der Waals surface area (Å²) in [6, 6.07) is 0. The monoisotopic (exact) mass is 186 g/mol. The van der Waals surface area contributed by atoms with E-state index in [9.17, 15) is 9.90 Å². The van der Waals surface area contributed by atoms with E-state index < -0.39 is 11.6 Å². The third-order valence-corrected chi connectivity index (χ3v) is 3.07. The van der Waals surface area contributed by atoms with Crippen LogP contribution in [0.3, 0.4) is 0 Å². The Morgan fingerprint density at radius 3 is 2.85 bits per heavy atom. The van der Waals surface area contributed by atoms with Crippen LogP contribution < -0.4 is 0 Å². The maximum atomic E-state index is 11.4. The highest BCUT2D eigenvalue weighted by molar-refractivity contribution is 5.79. The summed E-state index contributed by atoms with van der Waals surface area (Å²) in [6.45, 7) is 2.00. The van der Waals surface area contributed by atoms with E-state index in [1.807, 2.05) is 6.92 Å². The van der Waals surface area contributed by atoms with Crippen molar-refractivity contribution in [1.29, 1.82) is 0 Å². The molecule has 0 aromatic heterocycles. The smallest absolute Gasteiger partial charge is 0.338 e. The fourth-order valence-electron chi connectivity index (χ4n) is 2.22. The summed E-state index contributed by atoms with van der Waals surface area (Å²) in [4.78, 5) is 11.4. The molecular weight excluding hydrogens is 168 g/mol. The zero-order chi connectivity index (χ0) is 9.90. The lowest BCUT2D eigenvalue weighted by molar-refractivity contribution is -0.173. The van der Waals surface area contributed by atoms with Gasteiger partial charge in [0.15, 0.2) is 5.60 Å². The minimum atomic E-state index is -1.21. The predicted molar refractivity (Wildman–Crippen MR) is 49.2 cm³/mol. The molecule has 0 aliphatic heterocycles. The Kier molecular flexibility index (Phi) is 3.31. The fourth-order valence-corrected chi connectivity index (χ4v) is 2.22. The molecule has 0 spiro atoms. The molecular formula is C10H18O3. The number of aliphatic hydroxyl groups is 1. The third-order valence-electron chi connectivity index (χ3n) is 3.07. The van der Waals surface area contributed by atoms with Crippen LogP contribution in [-0.2, 0) is 9.53 Å². The van der Waals surface area contributed by atoms with Crippen LogP contribution in [0.15, 0.2) is 0 Å². The molecule has 3 heteroatoms. The van der Waals surface area contributed by atoms with Gasteiger partial charge in [-0.25, -0.2) is 4.79 Å². The average molecular weight is 186 g/mol. The first kappa shape index (κ1) is 10.5. The summed E-state index contributed by atoms with van der Waals surface area (Å²) in [7, 11) is 1.33. The second kappa shape index (κ2) is 4.09. The Hall–Kier alpha value is -0.570. The van der Waals surface area contributed by atoms with Crippen molar-refractivity contribution in [2.45, 2.75) is 44.6 Å². The zero-order valence-corrected chi connectivity index (χ0v) is 8.38. The lowest BCUT2D eigenvalue weighted by Crippen LogP contribution is -2.48. The molecule has 0 aromatic carbocycles. The second-order valence-corrected chi connectivity index (χ2v) is 3.77. The summed E-state index contributed by atoms with van der Waals surface area (Å²) in [5.74, 6) is -0.382. The first-order chi connectivity index (χ1) is 6.15. The summed E-state index contributed by atoms with van der Waals surface area (Å²) in [6.07, 6.45) is 4.35. The van der Waals surface area contributed by atoms with Crippen molar-refractivity contribution >= 4 is 5.97 Å². The highest BCUT2D eigenvalue weighted by atomic mass is 16.5. The van der Waals surface area contributed by atoms with Crippen molar-refractivity contribution in [1.82, 2.24) is 0 Å². The van der Waals surface area contributed by atoms with Crippen LogP contribution in [0, 0.1) is 5.92 Å². The molecule has 13 heavy (non-hydrogen) atoms. The summed E-state index contributed by atoms with van der Waals surface area (Å²) in [5, 5.41) is 10.1. The van der Waals surface area contributed by atoms with E-state index in [2.05, 4.69) is 4.74 Å². The molecule has 0 amide bonds. The number of hydrogen-bond acceptors (Lipinski definition) is 3. The van der Waals surface area contributed by atoms with Gasteiger partial charge >= 0.3 is 5.97 Å². The SMILES string of the molecule is CCC1CCCCC1(O)C(=O)OC. The van der Waals surface area contributed by atoms with Crippen molar-refractivity contribution in [3.63, 3.8) is 0 Å². The highest BCUT2D eigenvalue weighted by Gasteiger charge is 2.45. The van der Waals surface area contributed by atoms with Crippen molar-refractivity contribution < 1.29 is 14.6 Å². The third kappa shape index (κ3) is 1.85. The molecule has 1 fully saturated rings. The number of carbonyl (C=O) groups excluding carboxylic acids is 1. The summed E-state index contributed by atoms with van der Waals surface area (Å²) < 4.78 is 4.64. The lowest BCUT2D eigenvalue weighted by atomic mass is 9.74. The molecule has 0 aromatic rings. The average Bonchev–Trinajstić information content (AvgIpc) is 2.17. The van der Waals surface area contributed by atoms with Crippen molar-refractivity contribution in [2.24, 2.45) is 5.92 Å². The van der Waals surface area contributed by atoms with Crippen LogP contribution in [-0.4, -0.2) is 23.8 Å². The Morgan fingerprint density at radius 1 is 1.62 bits per heavy atom. The van der Waals surface area contributed by atoms with Gasteiger partial charge in [-0.05, 0) is 31.6 Å². The van der Waals surface area contributed by atoms with Gasteiger partial charge in [0.2, 0.25) is 0 Å². The van der Waals surface area contributed by atoms with Gasteiger partial charge in [0.25, 0.3) is 0 Å². The number of hydrogen-bond donors (Lipinski definition) is 1. The van der Waals surface area contributed by atoms with Crippen molar-refractivity contribution in [2.75, 3.05) is 7.11 Å². The Bertz CT molecular complexity index is 191. The topological polar surface area (TPSA) is 46.5 Å². The molecule has 1 aliphatic carbocycles. The van der Waals surface area contributed by atoms with Crippen LogP contribution in [0.2, 0.25) is 0 Å². The van der Waals surface area contributed by atoms with E-state index >= 15 is 0 Å². The van der Waals surface area contributed by atoms with Gasteiger partial charge in [-0.15, -0.1) is 0 Å². The number of esters is 1. The van der Waals surface area contributed by atoms with Gasteiger partial charge in [-0.2, -0.15) is 0 Å². The first-order valence-electron chi connectivity index (χ1n) is 4.96. The fraction of sp³-hybridized carbons (Fsp3) is 0.900. The normalized spacial score (nSPS) is 34.2. The maximum absolute atomic E-state index is 11.4. The molecule has 0 radical (unpaired) electrons. The largest absolute Gasteiger partial charge is 0.467 e. The molecule has 0 heterocycles. The highest BCUT2D eigenvalue weighted by Crippen LogP contribution is 2.36. The minimum absolute atomic E-state index is 0.0775. The first-order valence-corrected chi connectivity index (χ1v) is 4.96. The zero-order valence-electron chi connectivity index (χ0n) is 8.38. The van der Waals surface area contributed by atoms with Crippen LogP contribution in [0.5, 0.6) is 0 Å². The van der Waals surface area contributed by atoms with E-state index in [-0.39, 0.29) is 5.92 Å². The lowest BCUT2D eigenvalue weighted by Gasteiger charge is -2.36. The molecule has 2 atom stereocenters. The van der Waals surface area contributed by atoms with Gasteiger partial charge in [-0.1, -0.05) is 13.3 Å². The van der Waals surface area contributed by atoms with Crippen LogP contribution in [0.25, 0.3) is 0 Å². The van der Waals surface area contributed by atoms with Gasteiger partial charge in [0.05, 0.1) is 7.11 Å². The van der Waals surface area contributed by atoms with Gasteiger partial charge in [0.1, 0.15) is 0 Å². The van der Waals surface area contributed by atoms with E-state index in [1.165, 1.54) is 7.11 Å². The molecule has 76 valence electrons. The van der Waals surface area contributed by atoms with Crippen LogP contribution in [0.1, 0.15) is 39.0 Å². The molecule has 1 saturated carbocycles. The van der Waals surface area contributed by atoms with E-state index in [0.29, 0.717) is 6.42 Å². The number of ether oxygens (including phenoxy) is 1. The number of carbonyl (C=O) groups is 1. The predicted octanol–water partition coefficient (Wildman–Crippen LogP) is 1.49. The van der Waals surface area contributed by atoms with Crippen LogP contribution >= 0.6 is 0 Å². The van der Waals surface area contributed by atoms with E-state index in [1.54, 1.807) is 0 Å². The summed E-state index contributed by atoms with van der Waals surface area (Å²) >= 11 is 0. The molecule has 3 nitrogen and oxygen atoms in total. The minimum Gasteiger partial charge on any atom is -0.467 e. The molecule has 1 aliphatic rings. The Balaban J connectivity index is 2.76. The van der Waals surface area contributed by atoms with Gasteiger partial charge in [-0.3, -0.25) is 0 Å². The number of rotatable bonds is 2. The Labute approximate surface area is 79.1 Å². The standard InChI is InChI=1S/C10H18O3/c1-3-8-6-4-5-7-10(8,12)9(11)13-2/h8,12H,3-7H2,1-2H3. The van der Waals surface area contributed by atoms with Gasteiger partial charge < -0.3 is 9.84 Å². The molecule has 1 N–H and O–H groups in total. The van der Waals surface area contributed by atoms with Gasteiger partial charge in [0, 0.05) is 0 Å². The summed E-state index contributed by atoms with van der Waals surface area (Å²) in [5.41, 5.74) is -1.21. The van der Waals surface area contributed by atoms with Crippen molar-refractivity contribution in [3.05, 3.63) is 0 Å². The molecule has 0 saturated heterocycles. The molecule has 0 bridgehead atoms.